The van der Waals surface area contributed by atoms with Crippen molar-refractivity contribution in [3.05, 3.63) is 60.1 Å². The van der Waals surface area contributed by atoms with Crippen LogP contribution in [0.3, 0.4) is 0 Å². The molecule has 0 radical (unpaired) electrons. The summed E-state index contributed by atoms with van der Waals surface area (Å²) in [7, 11) is 0. The van der Waals surface area contributed by atoms with Crippen molar-refractivity contribution in [2.24, 2.45) is 17.8 Å². The van der Waals surface area contributed by atoms with Crippen molar-refractivity contribution in [3.63, 3.8) is 0 Å². The van der Waals surface area contributed by atoms with Gasteiger partial charge in [-0.15, -0.1) is 0 Å². The molecule has 11 heteroatoms. The third kappa shape index (κ3) is 7.25. The molecule has 2 aromatic rings. The van der Waals surface area contributed by atoms with E-state index in [4.69, 9.17) is 14.2 Å². The molecule has 1 saturated carbocycles. The molecule has 39 heavy (non-hydrogen) atoms. The molecule has 4 nitrogen and oxygen atoms in total. The average Bonchev–Trinajstić information content (AvgIpc) is 2.88. The Morgan fingerprint density at radius 2 is 1.59 bits per heavy atom. The first-order chi connectivity index (χ1) is 18.6. The SMILES string of the molecule is CCCC1COC(C2CCC(C(F)(F)Oc3ccc(-c4cc(F)c(OC=C(F)F)c(F)c4)c(F)c3)CC2)OC1. The maximum Gasteiger partial charge on any atom is 0.400 e. The zero-order valence-electron chi connectivity index (χ0n) is 21.2. The van der Waals surface area contributed by atoms with E-state index in [0.29, 0.717) is 50.2 Å². The number of benzene rings is 2. The molecule has 1 aliphatic carbocycles. The molecule has 2 aromatic carbocycles. The van der Waals surface area contributed by atoms with E-state index < -0.39 is 53.3 Å². The van der Waals surface area contributed by atoms with Crippen LogP contribution in [0.2, 0.25) is 0 Å². The second-order valence-corrected chi connectivity index (χ2v) is 9.90. The lowest BCUT2D eigenvalue weighted by molar-refractivity contribution is -0.247. The van der Waals surface area contributed by atoms with Crippen LogP contribution < -0.4 is 9.47 Å². The smallest absolute Gasteiger partial charge is 0.400 e. The second kappa shape index (κ2) is 12.6. The molecule has 1 heterocycles. The summed E-state index contributed by atoms with van der Waals surface area (Å²) < 4.78 is 118. The lowest BCUT2D eigenvalue weighted by Gasteiger charge is -2.39. The van der Waals surface area contributed by atoms with Gasteiger partial charge >= 0.3 is 12.2 Å². The molecular weight excluding hydrogens is 533 g/mol. The summed E-state index contributed by atoms with van der Waals surface area (Å²) in [6.45, 7) is 3.30. The van der Waals surface area contributed by atoms with Gasteiger partial charge in [0.15, 0.2) is 29.9 Å². The van der Waals surface area contributed by atoms with Crippen molar-refractivity contribution >= 4 is 0 Å². The fraction of sp³-hybridized carbons (Fsp3) is 0.500. The first kappa shape index (κ1) is 29.2. The highest BCUT2D eigenvalue weighted by molar-refractivity contribution is 5.66. The van der Waals surface area contributed by atoms with Gasteiger partial charge in [-0.1, -0.05) is 13.3 Å². The van der Waals surface area contributed by atoms with Gasteiger partial charge in [-0.25, -0.2) is 13.2 Å². The summed E-state index contributed by atoms with van der Waals surface area (Å²) in [5, 5.41) is 0. The van der Waals surface area contributed by atoms with Gasteiger partial charge in [0.05, 0.1) is 19.1 Å². The lowest BCUT2D eigenvalue weighted by atomic mass is 9.80. The molecule has 0 atom stereocenters. The van der Waals surface area contributed by atoms with Crippen molar-refractivity contribution < 1.29 is 49.7 Å². The highest BCUT2D eigenvalue weighted by atomic mass is 19.3. The summed E-state index contributed by atoms with van der Waals surface area (Å²) in [5.41, 5.74) is -0.597. The van der Waals surface area contributed by atoms with E-state index in [1.807, 2.05) is 0 Å². The number of halogens is 7. The van der Waals surface area contributed by atoms with Crippen LogP contribution in [0.5, 0.6) is 11.5 Å². The van der Waals surface area contributed by atoms with Crippen molar-refractivity contribution in [3.8, 4) is 22.6 Å². The Balaban J connectivity index is 1.37. The fourth-order valence-corrected chi connectivity index (χ4v) is 5.10. The molecule has 0 spiro atoms. The Labute approximate surface area is 221 Å². The Kier molecular flexibility index (Phi) is 9.43. The maximum absolute atomic E-state index is 15.0. The Hall–Kier alpha value is -2.79. The van der Waals surface area contributed by atoms with Crippen molar-refractivity contribution in [2.45, 2.75) is 57.8 Å². The summed E-state index contributed by atoms with van der Waals surface area (Å²) in [6, 6.07) is 4.16. The van der Waals surface area contributed by atoms with Crippen LogP contribution in [0.4, 0.5) is 30.7 Å². The lowest BCUT2D eigenvalue weighted by Crippen LogP contribution is -2.42. The standard InChI is InChI=1S/C28H29F7O4/c1-2-3-16-13-37-27(38-14-16)17-4-6-19(7-5-17)28(34,35)39-20-8-9-21(22(29)12-20)18-10-23(30)26(24(31)11-18)36-15-25(32)33/h8-12,15-17,19,27H,2-7,13-14H2,1H3. The fourth-order valence-electron chi connectivity index (χ4n) is 5.10. The molecule has 0 unspecified atom stereocenters. The minimum atomic E-state index is -3.57. The van der Waals surface area contributed by atoms with Gasteiger partial charge in [0.2, 0.25) is 0 Å². The zero-order valence-corrected chi connectivity index (χ0v) is 21.2. The molecule has 2 aliphatic rings. The van der Waals surface area contributed by atoms with Gasteiger partial charge in [0, 0.05) is 23.5 Å². The molecule has 4 rings (SSSR count). The average molecular weight is 563 g/mol. The monoisotopic (exact) mass is 562 g/mol. The van der Waals surface area contributed by atoms with Crippen LogP contribution >= 0.6 is 0 Å². The van der Waals surface area contributed by atoms with E-state index >= 15 is 0 Å². The van der Waals surface area contributed by atoms with E-state index in [9.17, 15) is 30.7 Å². The van der Waals surface area contributed by atoms with E-state index in [0.717, 1.165) is 25.0 Å². The van der Waals surface area contributed by atoms with Crippen molar-refractivity contribution in [1.82, 2.24) is 0 Å². The van der Waals surface area contributed by atoms with Crippen LogP contribution in [0.1, 0.15) is 45.4 Å². The molecule has 0 bridgehead atoms. The van der Waals surface area contributed by atoms with Gasteiger partial charge in [-0.3, -0.25) is 0 Å². The van der Waals surface area contributed by atoms with Gasteiger partial charge in [-0.2, -0.15) is 17.6 Å². The summed E-state index contributed by atoms with van der Waals surface area (Å²) in [5.74, 6) is -6.04. The van der Waals surface area contributed by atoms with E-state index in [1.165, 1.54) is 0 Å². The molecule has 0 amide bonds. The number of ether oxygens (including phenoxy) is 4. The third-order valence-electron chi connectivity index (χ3n) is 7.09. The molecular formula is C28H29F7O4. The predicted molar refractivity (Wildman–Crippen MR) is 128 cm³/mol. The highest BCUT2D eigenvalue weighted by Crippen LogP contribution is 2.42. The van der Waals surface area contributed by atoms with Crippen LogP contribution in [0.15, 0.2) is 42.7 Å². The van der Waals surface area contributed by atoms with Crippen molar-refractivity contribution in [2.75, 3.05) is 13.2 Å². The van der Waals surface area contributed by atoms with Gasteiger partial charge < -0.3 is 18.9 Å². The molecule has 1 saturated heterocycles. The van der Waals surface area contributed by atoms with E-state index in [2.05, 4.69) is 11.7 Å². The first-order valence-corrected chi connectivity index (χ1v) is 12.8. The van der Waals surface area contributed by atoms with E-state index in [1.54, 1.807) is 0 Å². The largest absolute Gasteiger partial charge is 0.453 e. The quantitative estimate of drug-likeness (QED) is 0.227. The number of hydrogen-bond donors (Lipinski definition) is 0. The van der Waals surface area contributed by atoms with Crippen LogP contribution in [0, 0.1) is 35.2 Å². The summed E-state index contributed by atoms with van der Waals surface area (Å²) in [4.78, 5) is 0. The minimum Gasteiger partial charge on any atom is -0.453 e. The number of rotatable bonds is 9. The maximum atomic E-state index is 15.0. The molecule has 0 N–H and O–H groups in total. The summed E-state index contributed by atoms with van der Waals surface area (Å²) >= 11 is 0. The molecule has 2 fully saturated rings. The summed E-state index contributed by atoms with van der Waals surface area (Å²) in [6.07, 6.45) is -3.06. The minimum absolute atomic E-state index is 0.0148. The topological polar surface area (TPSA) is 36.9 Å². The predicted octanol–water partition coefficient (Wildman–Crippen LogP) is 8.45. The highest BCUT2D eigenvalue weighted by Gasteiger charge is 2.45. The second-order valence-electron chi connectivity index (χ2n) is 9.90. The molecule has 214 valence electrons. The third-order valence-corrected chi connectivity index (χ3v) is 7.09. The van der Waals surface area contributed by atoms with Crippen LogP contribution in [-0.2, 0) is 9.47 Å². The number of hydrogen-bond acceptors (Lipinski definition) is 4. The van der Waals surface area contributed by atoms with E-state index in [-0.39, 0.29) is 36.1 Å². The van der Waals surface area contributed by atoms with Gasteiger partial charge in [-0.05, 0) is 61.9 Å². The van der Waals surface area contributed by atoms with Crippen LogP contribution in [-0.4, -0.2) is 25.6 Å². The Bertz CT molecular complexity index is 1130. The Morgan fingerprint density at radius 1 is 0.949 bits per heavy atom. The van der Waals surface area contributed by atoms with Gasteiger partial charge in [0.25, 0.3) is 0 Å². The molecule has 0 aromatic heterocycles. The van der Waals surface area contributed by atoms with Crippen molar-refractivity contribution in [1.29, 1.82) is 0 Å². The van der Waals surface area contributed by atoms with Gasteiger partial charge in [0.1, 0.15) is 11.6 Å². The number of alkyl halides is 2. The zero-order chi connectivity index (χ0) is 28.2. The van der Waals surface area contributed by atoms with Crippen LogP contribution in [0.25, 0.3) is 11.1 Å². The first-order valence-electron chi connectivity index (χ1n) is 12.8. The molecule has 1 aliphatic heterocycles. The Morgan fingerprint density at radius 3 is 2.15 bits per heavy atom. The normalized spacial score (nSPS) is 23.8.